The third-order valence-electron chi connectivity index (χ3n) is 2.16. The van der Waals surface area contributed by atoms with Crippen LogP contribution in [0.5, 0.6) is 0 Å². The zero-order chi connectivity index (χ0) is 11.9. The molecule has 0 heterocycles. The van der Waals surface area contributed by atoms with Crippen molar-refractivity contribution in [1.82, 2.24) is 0 Å². The lowest BCUT2D eigenvalue weighted by Crippen LogP contribution is -2.06. The molecular formula is C13H25NO2. The Morgan fingerprint density at radius 2 is 1.56 bits per heavy atom. The number of hydrogen-bond acceptors (Lipinski definition) is 3. The van der Waals surface area contributed by atoms with Crippen molar-refractivity contribution in [1.29, 1.82) is 0 Å². The molecule has 0 amide bonds. The lowest BCUT2D eigenvalue weighted by Gasteiger charge is -2.04. The van der Waals surface area contributed by atoms with Gasteiger partial charge in [0.2, 0.25) is 0 Å². The van der Waals surface area contributed by atoms with Crippen LogP contribution in [0, 0.1) is 11.8 Å². The van der Waals surface area contributed by atoms with Crippen molar-refractivity contribution in [3.8, 4) is 11.8 Å². The van der Waals surface area contributed by atoms with Crippen LogP contribution in [0.3, 0.4) is 0 Å². The third kappa shape index (κ3) is 13.4. The standard InChI is InChI=1S/C13H25NO2/c1-2-3-7-10-15-12-13-16-11-8-5-4-6-9-14/h4-14H2,1H3. The average molecular weight is 227 g/mol. The first-order chi connectivity index (χ1) is 7.91. The zero-order valence-corrected chi connectivity index (χ0v) is 10.5. The number of hydrogen-bond donors (Lipinski definition) is 1. The quantitative estimate of drug-likeness (QED) is 0.433. The molecule has 0 fully saturated rings. The van der Waals surface area contributed by atoms with Gasteiger partial charge in [-0.25, -0.2) is 0 Å². The SMILES string of the molecule is CC#CCCOCCOCCCCCCN. The minimum absolute atomic E-state index is 0.675. The number of ether oxygens (including phenoxy) is 2. The van der Waals surface area contributed by atoms with Crippen molar-refractivity contribution >= 4 is 0 Å². The molecule has 3 nitrogen and oxygen atoms in total. The summed E-state index contributed by atoms with van der Waals surface area (Å²) < 4.78 is 10.8. The molecule has 0 unspecified atom stereocenters. The van der Waals surface area contributed by atoms with Gasteiger partial charge in [0.25, 0.3) is 0 Å². The maximum Gasteiger partial charge on any atom is 0.0700 e. The second kappa shape index (κ2) is 14.4. The second-order valence-corrected chi connectivity index (χ2v) is 3.60. The van der Waals surface area contributed by atoms with E-state index in [0.29, 0.717) is 19.8 Å². The van der Waals surface area contributed by atoms with Gasteiger partial charge in [0.15, 0.2) is 0 Å². The molecule has 0 rings (SSSR count). The van der Waals surface area contributed by atoms with Gasteiger partial charge in [-0.2, -0.15) is 0 Å². The first-order valence-corrected chi connectivity index (χ1v) is 6.17. The highest BCUT2D eigenvalue weighted by Crippen LogP contribution is 1.98. The van der Waals surface area contributed by atoms with Crippen molar-refractivity contribution in [3.63, 3.8) is 0 Å². The van der Waals surface area contributed by atoms with E-state index in [2.05, 4.69) is 11.8 Å². The topological polar surface area (TPSA) is 44.5 Å². The van der Waals surface area contributed by atoms with E-state index in [0.717, 1.165) is 32.4 Å². The summed E-state index contributed by atoms with van der Waals surface area (Å²) in [7, 11) is 0. The molecule has 0 bridgehead atoms. The van der Waals surface area contributed by atoms with Crippen LogP contribution in [-0.2, 0) is 9.47 Å². The largest absolute Gasteiger partial charge is 0.379 e. The second-order valence-electron chi connectivity index (χ2n) is 3.60. The minimum Gasteiger partial charge on any atom is -0.379 e. The van der Waals surface area contributed by atoms with Crippen molar-refractivity contribution in [2.75, 3.05) is 33.0 Å². The predicted octanol–water partition coefficient (Wildman–Crippen LogP) is 1.95. The van der Waals surface area contributed by atoms with Crippen LogP contribution < -0.4 is 5.73 Å². The summed E-state index contributed by atoms with van der Waals surface area (Å²) in [6, 6.07) is 0. The summed E-state index contributed by atoms with van der Waals surface area (Å²) in [5, 5.41) is 0. The van der Waals surface area contributed by atoms with Crippen LogP contribution in [0.25, 0.3) is 0 Å². The van der Waals surface area contributed by atoms with Crippen molar-refractivity contribution < 1.29 is 9.47 Å². The molecule has 3 heteroatoms. The van der Waals surface area contributed by atoms with Gasteiger partial charge in [-0.3, -0.25) is 0 Å². The Bertz CT molecular complexity index is 184. The van der Waals surface area contributed by atoms with E-state index in [-0.39, 0.29) is 0 Å². The van der Waals surface area contributed by atoms with Crippen LogP contribution in [0.4, 0.5) is 0 Å². The van der Waals surface area contributed by atoms with Crippen molar-refractivity contribution in [3.05, 3.63) is 0 Å². The lowest BCUT2D eigenvalue weighted by atomic mass is 10.2. The van der Waals surface area contributed by atoms with E-state index in [1.54, 1.807) is 0 Å². The fourth-order valence-corrected chi connectivity index (χ4v) is 1.27. The van der Waals surface area contributed by atoms with E-state index in [1.165, 1.54) is 12.8 Å². The van der Waals surface area contributed by atoms with Crippen molar-refractivity contribution in [2.45, 2.75) is 39.0 Å². The molecule has 0 aliphatic carbocycles. The summed E-state index contributed by atoms with van der Waals surface area (Å²) >= 11 is 0. The highest BCUT2D eigenvalue weighted by atomic mass is 16.5. The maximum absolute atomic E-state index is 5.43. The molecule has 0 aromatic carbocycles. The van der Waals surface area contributed by atoms with E-state index >= 15 is 0 Å². The molecule has 2 N–H and O–H groups in total. The molecule has 0 spiro atoms. The summed E-state index contributed by atoms with van der Waals surface area (Å²) in [5.41, 5.74) is 5.40. The fraction of sp³-hybridized carbons (Fsp3) is 0.846. The number of unbranched alkanes of at least 4 members (excludes halogenated alkanes) is 3. The molecular weight excluding hydrogens is 202 g/mol. The molecule has 0 saturated carbocycles. The van der Waals surface area contributed by atoms with Gasteiger partial charge < -0.3 is 15.2 Å². The Morgan fingerprint density at radius 3 is 2.25 bits per heavy atom. The summed E-state index contributed by atoms with van der Waals surface area (Å²) in [6.07, 6.45) is 5.49. The van der Waals surface area contributed by atoms with Crippen LogP contribution >= 0.6 is 0 Å². The third-order valence-corrected chi connectivity index (χ3v) is 2.16. The molecule has 0 atom stereocenters. The Hall–Kier alpha value is -0.560. The Morgan fingerprint density at radius 1 is 0.875 bits per heavy atom. The predicted molar refractivity (Wildman–Crippen MR) is 67.2 cm³/mol. The summed E-state index contributed by atoms with van der Waals surface area (Å²) in [6.45, 7) is 5.55. The Kier molecular flexibility index (Phi) is 13.9. The maximum atomic E-state index is 5.43. The van der Waals surface area contributed by atoms with Gasteiger partial charge in [0.05, 0.1) is 19.8 Å². The van der Waals surface area contributed by atoms with Gasteiger partial charge in [-0.05, 0) is 26.3 Å². The summed E-state index contributed by atoms with van der Waals surface area (Å²) in [4.78, 5) is 0. The molecule has 0 radical (unpaired) electrons. The number of nitrogens with two attached hydrogens (primary N) is 1. The molecule has 0 saturated heterocycles. The van der Waals surface area contributed by atoms with E-state index in [1.807, 2.05) is 6.92 Å². The van der Waals surface area contributed by atoms with E-state index in [4.69, 9.17) is 15.2 Å². The summed E-state index contributed by atoms with van der Waals surface area (Å²) in [5.74, 6) is 5.79. The van der Waals surface area contributed by atoms with Gasteiger partial charge in [0.1, 0.15) is 0 Å². The van der Waals surface area contributed by atoms with E-state index in [9.17, 15) is 0 Å². The zero-order valence-electron chi connectivity index (χ0n) is 10.5. The molecule has 0 aromatic heterocycles. The molecule has 0 aromatic rings. The monoisotopic (exact) mass is 227 g/mol. The molecule has 94 valence electrons. The van der Waals surface area contributed by atoms with Crippen LogP contribution in [0.1, 0.15) is 39.0 Å². The molecule has 16 heavy (non-hydrogen) atoms. The fourth-order valence-electron chi connectivity index (χ4n) is 1.27. The first kappa shape index (κ1) is 15.4. The minimum atomic E-state index is 0.675. The van der Waals surface area contributed by atoms with Crippen LogP contribution in [0.2, 0.25) is 0 Å². The highest BCUT2D eigenvalue weighted by molar-refractivity contribution is 4.94. The Labute approximate surface area is 99.7 Å². The Balaban J connectivity index is 2.89. The van der Waals surface area contributed by atoms with Gasteiger partial charge in [-0.15, -0.1) is 11.8 Å². The smallest absolute Gasteiger partial charge is 0.0700 e. The molecule has 0 aliphatic rings. The molecule has 0 aliphatic heterocycles. The number of rotatable bonds is 11. The van der Waals surface area contributed by atoms with Crippen LogP contribution in [-0.4, -0.2) is 33.0 Å². The van der Waals surface area contributed by atoms with Gasteiger partial charge >= 0.3 is 0 Å². The van der Waals surface area contributed by atoms with Gasteiger partial charge in [0, 0.05) is 13.0 Å². The van der Waals surface area contributed by atoms with Crippen LogP contribution in [0.15, 0.2) is 0 Å². The first-order valence-electron chi connectivity index (χ1n) is 6.17. The van der Waals surface area contributed by atoms with Crippen molar-refractivity contribution in [2.24, 2.45) is 5.73 Å². The van der Waals surface area contributed by atoms with Gasteiger partial charge in [-0.1, -0.05) is 12.8 Å². The lowest BCUT2D eigenvalue weighted by molar-refractivity contribution is 0.0484. The van der Waals surface area contributed by atoms with E-state index < -0.39 is 0 Å². The normalized spacial score (nSPS) is 9.88. The highest BCUT2D eigenvalue weighted by Gasteiger charge is 1.91. The average Bonchev–Trinajstić information content (AvgIpc) is 2.31.